The molecular weight excluding hydrogens is 344 g/mol. The topological polar surface area (TPSA) is 68.8 Å². The summed E-state index contributed by atoms with van der Waals surface area (Å²) in [7, 11) is 3.15. The van der Waals surface area contributed by atoms with Gasteiger partial charge >= 0.3 is 0 Å². The average Bonchev–Trinajstić information content (AvgIpc) is 2.62. The lowest BCUT2D eigenvalue weighted by Gasteiger charge is -2.10. The van der Waals surface area contributed by atoms with Gasteiger partial charge in [0.1, 0.15) is 23.9 Å². The third kappa shape index (κ3) is 6.17. The number of carbonyl (C=O) groups is 1. The van der Waals surface area contributed by atoms with Crippen molar-refractivity contribution in [2.75, 3.05) is 39.2 Å². The number of rotatable bonds is 9. The molecule has 0 aliphatic heterocycles. The summed E-state index contributed by atoms with van der Waals surface area (Å²) in [4.78, 5) is 11.9. The normalized spacial score (nSPS) is 10.2. The van der Waals surface area contributed by atoms with Crippen LogP contribution in [-0.4, -0.2) is 39.8 Å². The number of hydrogen-bond acceptors (Lipinski definition) is 5. The molecule has 2 N–H and O–H groups in total. The number of amides is 1. The average molecular weight is 365 g/mol. The first kappa shape index (κ1) is 18.9. The Bertz CT molecular complexity index is 692. The summed E-state index contributed by atoms with van der Waals surface area (Å²) in [5.74, 6) is 1.93. The van der Waals surface area contributed by atoms with E-state index in [1.165, 1.54) is 7.11 Å². The van der Waals surface area contributed by atoms with Gasteiger partial charge in [0.25, 0.3) is 0 Å². The highest BCUT2D eigenvalue weighted by molar-refractivity contribution is 6.32. The lowest BCUT2D eigenvalue weighted by molar-refractivity contribution is -0.115. The molecule has 2 rings (SSSR count). The molecular formula is C18H21ClN2O4. The summed E-state index contributed by atoms with van der Waals surface area (Å²) >= 11 is 6.02. The van der Waals surface area contributed by atoms with Crippen LogP contribution in [0.2, 0.25) is 5.02 Å². The van der Waals surface area contributed by atoms with Crippen molar-refractivity contribution in [3.05, 3.63) is 47.5 Å². The largest absolute Gasteiger partial charge is 0.497 e. The Hall–Kier alpha value is -2.44. The lowest BCUT2D eigenvalue weighted by Crippen LogP contribution is -2.31. The molecule has 0 radical (unpaired) electrons. The van der Waals surface area contributed by atoms with Crippen molar-refractivity contribution in [3.8, 4) is 17.2 Å². The molecule has 6 nitrogen and oxygen atoms in total. The number of benzene rings is 2. The van der Waals surface area contributed by atoms with Crippen LogP contribution in [0.25, 0.3) is 0 Å². The van der Waals surface area contributed by atoms with Gasteiger partial charge < -0.3 is 24.8 Å². The van der Waals surface area contributed by atoms with Gasteiger partial charge in [0.15, 0.2) is 0 Å². The van der Waals surface area contributed by atoms with E-state index in [4.69, 9.17) is 25.8 Å². The fourth-order valence-electron chi connectivity index (χ4n) is 2.06. The zero-order valence-corrected chi connectivity index (χ0v) is 14.9. The third-order valence-corrected chi connectivity index (χ3v) is 3.62. The van der Waals surface area contributed by atoms with Crippen LogP contribution < -0.4 is 24.8 Å². The maximum atomic E-state index is 11.9. The molecule has 1 amide bonds. The Balaban J connectivity index is 1.65. The number of ether oxygens (including phenoxy) is 3. The van der Waals surface area contributed by atoms with E-state index in [0.29, 0.717) is 29.6 Å². The summed E-state index contributed by atoms with van der Waals surface area (Å²) in [6.07, 6.45) is 0. The van der Waals surface area contributed by atoms with Crippen LogP contribution in [0, 0.1) is 0 Å². The minimum absolute atomic E-state index is 0.161. The maximum Gasteiger partial charge on any atom is 0.238 e. The minimum Gasteiger partial charge on any atom is -0.497 e. The molecule has 25 heavy (non-hydrogen) atoms. The highest BCUT2D eigenvalue weighted by Crippen LogP contribution is 2.27. The predicted molar refractivity (Wildman–Crippen MR) is 98.0 cm³/mol. The first-order valence-electron chi connectivity index (χ1n) is 7.73. The Morgan fingerprint density at radius 1 is 1.04 bits per heavy atom. The first-order chi connectivity index (χ1) is 12.1. The molecule has 0 aliphatic rings. The van der Waals surface area contributed by atoms with Crippen LogP contribution in [0.4, 0.5) is 5.69 Å². The number of hydrogen-bond donors (Lipinski definition) is 2. The summed E-state index contributed by atoms with van der Waals surface area (Å²) in [6, 6.07) is 12.4. The molecule has 0 saturated carbocycles. The van der Waals surface area contributed by atoms with Gasteiger partial charge in [0.05, 0.1) is 25.8 Å². The zero-order chi connectivity index (χ0) is 18.1. The summed E-state index contributed by atoms with van der Waals surface area (Å²) in [5, 5.41) is 6.22. The van der Waals surface area contributed by atoms with E-state index >= 15 is 0 Å². The Labute approximate surface area is 152 Å². The molecule has 2 aromatic rings. The van der Waals surface area contributed by atoms with E-state index in [1.54, 1.807) is 25.3 Å². The quantitative estimate of drug-likeness (QED) is 0.669. The standard InChI is InChI=1S/C18H21ClN2O4/c1-23-14-4-6-15(7-5-14)25-10-9-20-12-18(22)21-13-3-8-17(24-2)16(19)11-13/h3-8,11,20H,9-10,12H2,1-2H3,(H,21,22). The predicted octanol–water partition coefficient (Wildman–Crippen LogP) is 2.96. The lowest BCUT2D eigenvalue weighted by atomic mass is 10.3. The van der Waals surface area contributed by atoms with Crippen LogP contribution in [0.3, 0.4) is 0 Å². The van der Waals surface area contributed by atoms with Crippen molar-refractivity contribution < 1.29 is 19.0 Å². The van der Waals surface area contributed by atoms with Gasteiger partial charge in [-0.05, 0) is 42.5 Å². The Morgan fingerprint density at radius 2 is 1.76 bits per heavy atom. The third-order valence-electron chi connectivity index (χ3n) is 3.33. The van der Waals surface area contributed by atoms with E-state index in [0.717, 1.165) is 11.5 Å². The summed E-state index contributed by atoms with van der Waals surface area (Å²) in [5.41, 5.74) is 0.618. The second-order valence-electron chi connectivity index (χ2n) is 5.10. The second-order valence-corrected chi connectivity index (χ2v) is 5.51. The molecule has 2 aromatic carbocycles. The number of anilines is 1. The number of halogens is 1. The number of carbonyl (C=O) groups excluding carboxylic acids is 1. The molecule has 0 bridgehead atoms. The van der Waals surface area contributed by atoms with Crippen molar-refractivity contribution in [2.45, 2.75) is 0 Å². The van der Waals surface area contributed by atoms with Gasteiger partial charge in [-0.2, -0.15) is 0 Å². The molecule has 0 atom stereocenters. The Kier molecular flexibility index (Phi) is 7.37. The van der Waals surface area contributed by atoms with Gasteiger partial charge in [-0.1, -0.05) is 11.6 Å². The monoisotopic (exact) mass is 364 g/mol. The van der Waals surface area contributed by atoms with Gasteiger partial charge in [-0.3, -0.25) is 4.79 Å². The summed E-state index contributed by atoms with van der Waals surface area (Å²) < 4.78 is 15.7. The van der Waals surface area contributed by atoms with E-state index in [1.807, 2.05) is 24.3 Å². The van der Waals surface area contributed by atoms with Gasteiger partial charge in [-0.15, -0.1) is 0 Å². The van der Waals surface area contributed by atoms with E-state index in [2.05, 4.69) is 10.6 Å². The molecule has 134 valence electrons. The van der Waals surface area contributed by atoms with Crippen molar-refractivity contribution >= 4 is 23.2 Å². The number of methoxy groups -OCH3 is 2. The minimum atomic E-state index is -0.161. The van der Waals surface area contributed by atoms with Crippen molar-refractivity contribution in [1.82, 2.24) is 5.32 Å². The molecule has 0 spiro atoms. The van der Waals surface area contributed by atoms with Crippen LogP contribution >= 0.6 is 11.6 Å². The highest BCUT2D eigenvalue weighted by atomic mass is 35.5. The van der Waals surface area contributed by atoms with E-state index in [9.17, 15) is 4.79 Å². The van der Waals surface area contributed by atoms with Gasteiger partial charge in [-0.25, -0.2) is 0 Å². The van der Waals surface area contributed by atoms with Crippen molar-refractivity contribution in [1.29, 1.82) is 0 Å². The second kappa shape index (κ2) is 9.76. The van der Waals surface area contributed by atoms with Crippen LogP contribution in [-0.2, 0) is 4.79 Å². The maximum absolute atomic E-state index is 11.9. The molecule has 0 fully saturated rings. The molecule has 0 unspecified atom stereocenters. The van der Waals surface area contributed by atoms with Crippen molar-refractivity contribution in [3.63, 3.8) is 0 Å². The first-order valence-corrected chi connectivity index (χ1v) is 8.11. The summed E-state index contributed by atoms with van der Waals surface area (Å²) in [6.45, 7) is 1.17. The van der Waals surface area contributed by atoms with Gasteiger partial charge in [0, 0.05) is 12.2 Å². The highest BCUT2D eigenvalue weighted by Gasteiger charge is 2.05. The fraction of sp³-hybridized carbons (Fsp3) is 0.278. The molecule has 7 heteroatoms. The van der Waals surface area contributed by atoms with Crippen LogP contribution in [0.5, 0.6) is 17.2 Å². The van der Waals surface area contributed by atoms with Crippen LogP contribution in [0.15, 0.2) is 42.5 Å². The smallest absolute Gasteiger partial charge is 0.238 e. The molecule has 0 aliphatic carbocycles. The zero-order valence-electron chi connectivity index (χ0n) is 14.2. The SMILES string of the molecule is COc1ccc(OCCNCC(=O)Nc2ccc(OC)c(Cl)c2)cc1. The molecule has 0 heterocycles. The van der Waals surface area contributed by atoms with Gasteiger partial charge in [0.2, 0.25) is 5.91 Å². The van der Waals surface area contributed by atoms with Crippen molar-refractivity contribution in [2.24, 2.45) is 0 Å². The van der Waals surface area contributed by atoms with E-state index < -0.39 is 0 Å². The number of nitrogens with one attached hydrogen (secondary N) is 2. The van der Waals surface area contributed by atoms with Crippen LogP contribution in [0.1, 0.15) is 0 Å². The fourth-order valence-corrected chi connectivity index (χ4v) is 2.32. The Morgan fingerprint density at radius 3 is 2.40 bits per heavy atom. The van der Waals surface area contributed by atoms with E-state index in [-0.39, 0.29) is 12.5 Å². The molecule has 0 saturated heterocycles. The molecule has 0 aromatic heterocycles.